The molecule has 9 nitrogen and oxygen atoms in total. The lowest BCUT2D eigenvalue weighted by molar-refractivity contribution is -0.122. The van der Waals surface area contributed by atoms with E-state index in [1.807, 2.05) is 0 Å². The number of carbonyl (C=O) groups excluding carboxylic acids is 1. The Balaban J connectivity index is 1.57. The lowest BCUT2D eigenvalue weighted by Gasteiger charge is -2.23. The van der Waals surface area contributed by atoms with E-state index in [1.165, 1.54) is 32.4 Å². The molecule has 1 amide bonds. The van der Waals surface area contributed by atoms with Gasteiger partial charge in [-0.1, -0.05) is 0 Å². The van der Waals surface area contributed by atoms with E-state index in [9.17, 15) is 13.2 Å². The smallest absolute Gasteiger partial charge is 0.265 e. The lowest BCUT2D eigenvalue weighted by atomic mass is 10.1. The fourth-order valence-electron chi connectivity index (χ4n) is 2.98. The third-order valence-corrected chi connectivity index (χ3v) is 6.82. The molecule has 2 N–H and O–H groups in total. The van der Waals surface area contributed by atoms with Gasteiger partial charge in [0.05, 0.1) is 30.5 Å². The first-order valence-corrected chi connectivity index (χ1v) is 11.5. The highest BCUT2D eigenvalue weighted by molar-refractivity contribution is 7.93. The quantitative estimate of drug-likeness (QED) is 0.578. The van der Waals surface area contributed by atoms with Gasteiger partial charge < -0.3 is 19.5 Å². The van der Waals surface area contributed by atoms with Gasteiger partial charge in [-0.05, 0) is 37.3 Å². The molecule has 0 saturated heterocycles. The molecule has 2 aromatic carbocycles. The summed E-state index contributed by atoms with van der Waals surface area (Å²) in [5.74, 6) is 1.07. The number of carbonyl (C=O) groups is 1. The van der Waals surface area contributed by atoms with Gasteiger partial charge in [-0.3, -0.25) is 9.52 Å². The third-order valence-electron chi connectivity index (χ3n) is 4.60. The number of sulfonamides is 1. The standard InChI is InChI=1S/C20H19N3O6S2/c1-11-19(24)21-14-8-12(4-6-16(14)29-11)15-10-30-20(22-15)23-31(25,26)13-5-7-17(27-2)18(9-13)28-3/h4-11H,1-3H3,(H,21,24)(H,22,23). The molecule has 4 rings (SSSR count). The molecular weight excluding hydrogens is 442 g/mol. The molecule has 1 aliphatic rings. The summed E-state index contributed by atoms with van der Waals surface area (Å²) in [6.07, 6.45) is -0.560. The van der Waals surface area contributed by atoms with E-state index in [0.29, 0.717) is 34.2 Å². The van der Waals surface area contributed by atoms with Crippen molar-refractivity contribution in [2.24, 2.45) is 0 Å². The molecule has 1 unspecified atom stereocenters. The number of nitrogens with zero attached hydrogens (tertiary/aromatic N) is 1. The SMILES string of the molecule is COc1ccc(S(=O)(=O)Nc2nc(-c3ccc4c(c3)NC(=O)C(C)O4)cs2)cc1OC. The number of ether oxygens (including phenoxy) is 3. The minimum absolute atomic E-state index is 0.0182. The number of benzene rings is 2. The molecule has 162 valence electrons. The van der Waals surface area contributed by atoms with E-state index in [1.54, 1.807) is 30.5 Å². The molecule has 0 fully saturated rings. The second-order valence-corrected chi connectivity index (χ2v) is 9.16. The number of fused-ring (bicyclic) bond motifs is 1. The summed E-state index contributed by atoms with van der Waals surface area (Å²) in [7, 11) is -0.978. The van der Waals surface area contributed by atoms with Crippen LogP contribution in [0.5, 0.6) is 17.2 Å². The summed E-state index contributed by atoms with van der Waals surface area (Å²) in [6, 6.07) is 9.60. The van der Waals surface area contributed by atoms with Crippen molar-refractivity contribution >= 4 is 38.1 Å². The zero-order valence-corrected chi connectivity index (χ0v) is 18.5. The highest BCUT2D eigenvalue weighted by Crippen LogP contribution is 2.35. The zero-order chi connectivity index (χ0) is 22.2. The van der Waals surface area contributed by atoms with Gasteiger partial charge >= 0.3 is 0 Å². The van der Waals surface area contributed by atoms with Gasteiger partial charge in [0.15, 0.2) is 22.7 Å². The molecule has 31 heavy (non-hydrogen) atoms. The second-order valence-electron chi connectivity index (χ2n) is 6.62. The molecule has 1 aliphatic heterocycles. The number of thiazole rings is 1. The number of hydrogen-bond acceptors (Lipinski definition) is 8. The number of amides is 1. The summed E-state index contributed by atoms with van der Waals surface area (Å²) in [5.41, 5.74) is 1.82. The molecule has 3 aromatic rings. The minimum atomic E-state index is -3.88. The van der Waals surface area contributed by atoms with Crippen molar-refractivity contribution in [1.29, 1.82) is 0 Å². The van der Waals surface area contributed by atoms with Crippen LogP contribution in [0, 0.1) is 0 Å². The minimum Gasteiger partial charge on any atom is -0.493 e. The molecule has 0 spiro atoms. The number of rotatable bonds is 6. The van der Waals surface area contributed by atoms with E-state index in [4.69, 9.17) is 14.2 Å². The number of hydrogen-bond donors (Lipinski definition) is 2. The van der Waals surface area contributed by atoms with Gasteiger partial charge in [0.2, 0.25) is 0 Å². The molecule has 2 heterocycles. The van der Waals surface area contributed by atoms with Gasteiger partial charge in [0.1, 0.15) is 5.75 Å². The molecule has 0 saturated carbocycles. The van der Waals surface area contributed by atoms with Crippen LogP contribution in [0.1, 0.15) is 6.92 Å². The molecule has 0 radical (unpaired) electrons. The molecule has 11 heteroatoms. The lowest BCUT2D eigenvalue weighted by Crippen LogP contribution is -2.34. The van der Waals surface area contributed by atoms with E-state index in [0.717, 1.165) is 11.3 Å². The van der Waals surface area contributed by atoms with E-state index >= 15 is 0 Å². The van der Waals surface area contributed by atoms with Crippen molar-refractivity contribution in [2.75, 3.05) is 24.3 Å². The van der Waals surface area contributed by atoms with Crippen LogP contribution < -0.4 is 24.2 Å². The first-order chi connectivity index (χ1) is 14.8. The summed E-state index contributed by atoms with van der Waals surface area (Å²) in [6.45, 7) is 1.67. The molecule has 0 bridgehead atoms. The Morgan fingerprint density at radius 3 is 2.65 bits per heavy atom. The fraction of sp³-hybridized carbons (Fsp3) is 0.200. The Labute approximate surface area is 183 Å². The van der Waals surface area contributed by atoms with Crippen molar-refractivity contribution in [1.82, 2.24) is 4.98 Å². The predicted octanol–water partition coefficient (Wildman–Crippen LogP) is 3.35. The maximum atomic E-state index is 12.8. The van der Waals surface area contributed by atoms with Crippen molar-refractivity contribution in [3.8, 4) is 28.5 Å². The van der Waals surface area contributed by atoms with Crippen molar-refractivity contribution in [3.63, 3.8) is 0 Å². The first kappa shape index (κ1) is 20.9. The average Bonchev–Trinajstić information content (AvgIpc) is 3.21. The average molecular weight is 462 g/mol. The van der Waals surface area contributed by atoms with Crippen LogP contribution in [0.15, 0.2) is 46.7 Å². The number of methoxy groups -OCH3 is 2. The molecule has 1 atom stereocenters. The van der Waals surface area contributed by atoms with Crippen molar-refractivity contribution < 1.29 is 27.4 Å². The van der Waals surface area contributed by atoms with Crippen molar-refractivity contribution in [3.05, 3.63) is 41.8 Å². The second kappa shape index (κ2) is 8.08. The molecule has 1 aromatic heterocycles. The van der Waals surface area contributed by atoms with Crippen LogP contribution in [0.4, 0.5) is 10.8 Å². The largest absolute Gasteiger partial charge is 0.493 e. The van der Waals surface area contributed by atoms with Crippen molar-refractivity contribution in [2.45, 2.75) is 17.9 Å². The summed E-state index contributed by atoms with van der Waals surface area (Å²) >= 11 is 1.15. The Hall–Kier alpha value is -3.31. The van der Waals surface area contributed by atoms with Crippen LogP contribution in [0.25, 0.3) is 11.3 Å². The van der Waals surface area contributed by atoms with Crippen LogP contribution in [-0.2, 0) is 14.8 Å². The third kappa shape index (κ3) is 4.14. The summed E-state index contributed by atoms with van der Waals surface area (Å²) in [4.78, 5) is 16.2. The Morgan fingerprint density at radius 1 is 1.13 bits per heavy atom. The zero-order valence-electron chi connectivity index (χ0n) is 16.8. The molecule has 0 aliphatic carbocycles. The number of aromatic nitrogens is 1. The Morgan fingerprint density at radius 2 is 1.90 bits per heavy atom. The van der Waals surface area contributed by atoms with Crippen LogP contribution in [0.2, 0.25) is 0 Å². The number of nitrogens with one attached hydrogen (secondary N) is 2. The maximum absolute atomic E-state index is 12.8. The predicted molar refractivity (Wildman–Crippen MR) is 117 cm³/mol. The van der Waals surface area contributed by atoms with E-state index < -0.39 is 16.1 Å². The topological polar surface area (TPSA) is 116 Å². The summed E-state index contributed by atoms with van der Waals surface area (Å²) < 4.78 is 43.9. The van der Waals surface area contributed by atoms with Gasteiger partial charge in [-0.25, -0.2) is 13.4 Å². The van der Waals surface area contributed by atoms with Gasteiger partial charge in [0, 0.05) is 17.0 Å². The van der Waals surface area contributed by atoms with Crippen LogP contribution >= 0.6 is 11.3 Å². The first-order valence-electron chi connectivity index (χ1n) is 9.13. The van der Waals surface area contributed by atoms with Gasteiger partial charge in [-0.2, -0.15) is 0 Å². The molecular formula is C20H19N3O6S2. The van der Waals surface area contributed by atoms with E-state index in [2.05, 4.69) is 15.0 Å². The normalized spacial score (nSPS) is 15.5. The van der Waals surface area contributed by atoms with Gasteiger partial charge in [-0.15, -0.1) is 11.3 Å². The van der Waals surface area contributed by atoms with Crippen LogP contribution in [-0.4, -0.2) is 39.6 Å². The highest BCUT2D eigenvalue weighted by Gasteiger charge is 2.24. The monoisotopic (exact) mass is 461 g/mol. The van der Waals surface area contributed by atoms with Gasteiger partial charge in [0.25, 0.3) is 15.9 Å². The summed E-state index contributed by atoms with van der Waals surface area (Å²) in [5, 5.41) is 4.71. The number of anilines is 2. The Kier molecular flexibility index (Phi) is 5.46. The van der Waals surface area contributed by atoms with Crippen LogP contribution in [0.3, 0.4) is 0 Å². The maximum Gasteiger partial charge on any atom is 0.265 e. The Bertz CT molecular complexity index is 1260. The highest BCUT2D eigenvalue weighted by atomic mass is 32.2. The van der Waals surface area contributed by atoms with E-state index in [-0.39, 0.29) is 15.9 Å². The fourth-order valence-corrected chi connectivity index (χ4v) is 4.97.